The molecule has 4 nitrogen and oxygen atoms in total. The molecule has 0 aromatic heterocycles. The van der Waals surface area contributed by atoms with Crippen molar-refractivity contribution in [3.63, 3.8) is 0 Å². The van der Waals surface area contributed by atoms with Crippen LogP contribution in [0.25, 0.3) is 0 Å². The summed E-state index contributed by atoms with van der Waals surface area (Å²) in [5.41, 5.74) is 0. The highest BCUT2D eigenvalue weighted by atomic mass is 35.5. The molecule has 1 saturated heterocycles. The summed E-state index contributed by atoms with van der Waals surface area (Å²) >= 11 is 0. The summed E-state index contributed by atoms with van der Waals surface area (Å²) in [6, 6.07) is 0.0906. The standard InChI is InChI=1S/C10H22N2O2S.ClH/c1-3-9(2)8-15(13,14)12-10-5-4-6-11-7-10;/h9-12H,3-8H2,1-2H3;1H. The van der Waals surface area contributed by atoms with Crippen molar-refractivity contribution in [1.82, 2.24) is 10.0 Å². The summed E-state index contributed by atoms with van der Waals surface area (Å²) in [6.07, 6.45) is 2.91. The van der Waals surface area contributed by atoms with Crippen LogP contribution in [0.15, 0.2) is 0 Å². The molecule has 6 heteroatoms. The van der Waals surface area contributed by atoms with Gasteiger partial charge in [0.2, 0.25) is 10.0 Å². The predicted molar refractivity (Wildman–Crippen MR) is 69.5 cm³/mol. The van der Waals surface area contributed by atoms with Crippen molar-refractivity contribution in [1.29, 1.82) is 0 Å². The molecule has 0 spiro atoms. The van der Waals surface area contributed by atoms with Crippen molar-refractivity contribution in [2.75, 3.05) is 18.8 Å². The van der Waals surface area contributed by atoms with Gasteiger partial charge in [0, 0.05) is 12.6 Å². The first-order chi connectivity index (χ1) is 7.03. The second kappa shape index (κ2) is 7.48. The van der Waals surface area contributed by atoms with Gasteiger partial charge in [0.15, 0.2) is 0 Å². The van der Waals surface area contributed by atoms with E-state index in [0.717, 1.165) is 32.4 Å². The summed E-state index contributed by atoms with van der Waals surface area (Å²) in [6.45, 7) is 5.75. The zero-order valence-corrected chi connectivity index (χ0v) is 11.7. The number of sulfonamides is 1. The third-order valence-corrected chi connectivity index (χ3v) is 4.54. The van der Waals surface area contributed by atoms with Gasteiger partial charge in [-0.3, -0.25) is 0 Å². The summed E-state index contributed by atoms with van der Waals surface area (Å²) < 4.78 is 26.2. The van der Waals surface area contributed by atoms with Crippen molar-refractivity contribution in [2.45, 2.75) is 39.2 Å². The molecule has 1 heterocycles. The van der Waals surface area contributed by atoms with Gasteiger partial charge >= 0.3 is 0 Å². The average Bonchev–Trinajstić information content (AvgIpc) is 2.17. The predicted octanol–water partition coefficient (Wildman–Crippen LogP) is 1.13. The van der Waals surface area contributed by atoms with E-state index >= 15 is 0 Å². The smallest absolute Gasteiger partial charge is 0.212 e. The Morgan fingerprint density at radius 1 is 1.50 bits per heavy atom. The van der Waals surface area contributed by atoms with Gasteiger partial charge in [-0.2, -0.15) is 0 Å². The molecule has 2 atom stereocenters. The molecule has 2 unspecified atom stereocenters. The first-order valence-electron chi connectivity index (χ1n) is 5.74. The van der Waals surface area contributed by atoms with Gasteiger partial charge in [-0.15, -0.1) is 12.4 Å². The van der Waals surface area contributed by atoms with Crippen molar-refractivity contribution < 1.29 is 8.42 Å². The average molecular weight is 271 g/mol. The Morgan fingerprint density at radius 2 is 2.19 bits per heavy atom. The van der Waals surface area contributed by atoms with Crippen molar-refractivity contribution >= 4 is 22.4 Å². The fraction of sp³-hybridized carbons (Fsp3) is 1.00. The minimum Gasteiger partial charge on any atom is -0.315 e. The van der Waals surface area contributed by atoms with Crippen LogP contribution in [0.1, 0.15) is 33.1 Å². The molecular weight excluding hydrogens is 248 g/mol. The number of hydrogen-bond donors (Lipinski definition) is 2. The second-order valence-electron chi connectivity index (χ2n) is 4.46. The Morgan fingerprint density at radius 3 is 2.69 bits per heavy atom. The molecule has 0 saturated carbocycles. The van der Waals surface area contributed by atoms with Crippen molar-refractivity contribution in [2.24, 2.45) is 5.92 Å². The largest absolute Gasteiger partial charge is 0.315 e. The van der Waals surface area contributed by atoms with E-state index in [2.05, 4.69) is 10.0 Å². The number of rotatable bonds is 5. The van der Waals surface area contributed by atoms with Crippen LogP contribution in [0, 0.1) is 5.92 Å². The van der Waals surface area contributed by atoms with Crippen LogP contribution >= 0.6 is 12.4 Å². The first kappa shape index (κ1) is 16.2. The van der Waals surface area contributed by atoms with E-state index in [1.165, 1.54) is 0 Å². The third kappa shape index (κ3) is 6.03. The van der Waals surface area contributed by atoms with E-state index in [1.54, 1.807) is 0 Å². The minimum absolute atomic E-state index is 0. The van der Waals surface area contributed by atoms with E-state index in [0.29, 0.717) is 0 Å². The number of piperidine rings is 1. The molecule has 0 aromatic carbocycles. The molecule has 0 bridgehead atoms. The van der Waals surface area contributed by atoms with Gasteiger partial charge in [0.05, 0.1) is 5.75 Å². The molecule has 1 aliphatic rings. The third-order valence-electron chi connectivity index (χ3n) is 2.84. The Kier molecular flexibility index (Phi) is 7.55. The molecule has 1 fully saturated rings. The summed E-state index contributed by atoms with van der Waals surface area (Å²) in [5.74, 6) is 0.485. The SMILES string of the molecule is CCC(C)CS(=O)(=O)NC1CCCNC1.Cl. The molecule has 16 heavy (non-hydrogen) atoms. The molecule has 0 aliphatic carbocycles. The van der Waals surface area contributed by atoms with E-state index in [4.69, 9.17) is 0 Å². The fourth-order valence-electron chi connectivity index (χ4n) is 1.75. The first-order valence-corrected chi connectivity index (χ1v) is 7.39. The lowest BCUT2D eigenvalue weighted by atomic mass is 10.1. The fourth-order valence-corrected chi connectivity index (χ4v) is 3.54. The van der Waals surface area contributed by atoms with E-state index in [-0.39, 0.29) is 30.1 Å². The lowest BCUT2D eigenvalue weighted by molar-refractivity contribution is 0.426. The highest BCUT2D eigenvalue weighted by Gasteiger charge is 2.21. The summed E-state index contributed by atoms with van der Waals surface area (Å²) in [4.78, 5) is 0. The van der Waals surface area contributed by atoms with Crippen LogP contribution in [0.3, 0.4) is 0 Å². The quantitative estimate of drug-likeness (QED) is 0.787. The summed E-state index contributed by atoms with van der Waals surface area (Å²) in [5, 5.41) is 3.20. The Hall–Kier alpha value is 0.160. The van der Waals surface area contributed by atoms with Gasteiger partial charge in [-0.1, -0.05) is 20.3 Å². The zero-order valence-electron chi connectivity index (χ0n) is 10.0. The van der Waals surface area contributed by atoms with Crippen LogP contribution < -0.4 is 10.0 Å². The Bertz CT molecular complexity index is 277. The van der Waals surface area contributed by atoms with E-state index in [1.807, 2.05) is 13.8 Å². The maximum atomic E-state index is 11.7. The van der Waals surface area contributed by atoms with Crippen LogP contribution in [0.4, 0.5) is 0 Å². The molecule has 98 valence electrons. The number of nitrogens with one attached hydrogen (secondary N) is 2. The van der Waals surface area contributed by atoms with Crippen LogP contribution in [0.2, 0.25) is 0 Å². The Labute approximate surface area is 105 Å². The molecule has 1 aliphatic heterocycles. The zero-order chi connectivity index (χ0) is 11.3. The molecular formula is C10H23ClN2O2S. The molecule has 2 N–H and O–H groups in total. The molecule has 0 radical (unpaired) electrons. The normalized spacial score (nSPS) is 23.5. The van der Waals surface area contributed by atoms with Gasteiger partial charge in [-0.05, 0) is 25.3 Å². The molecule has 0 aromatic rings. The van der Waals surface area contributed by atoms with Gasteiger partial charge in [0.1, 0.15) is 0 Å². The maximum Gasteiger partial charge on any atom is 0.212 e. The van der Waals surface area contributed by atoms with Gasteiger partial charge < -0.3 is 5.32 Å². The maximum absolute atomic E-state index is 11.7. The van der Waals surface area contributed by atoms with Crippen molar-refractivity contribution in [3.8, 4) is 0 Å². The van der Waals surface area contributed by atoms with Gasteiger partial charge in [0.25, 0.3) is 0 Å². The van der Waals surface area contributed by atoms with Crippen molar-refractivity contribution in [3.05, 3.63) is 0 Å². The summed E-state index contributed by atoms with van der Waals surface area (Å²) in [7, 11) is -3.08. The molecule has 1 rings (SSSR count). The second-order valence-corrected chi connectivity index (χ2v) is 6.25. The van der Waals surface area contributed by atoms with E-state index in [9.17, 15) is 8.42 Å². The molecule has 0 amide bonds. The van der Waals surface area contributed by atoms with E-state index < -0.39 is 10.0 Å². The van der Waals surface area contributed by atoms with Crippen LogP contribution in [-0.2, 0) is 10.0 Å². The monoisotopic (exact) mass is 270 g/mol. The van der Waals surface area contributed by atoms with Crippen LogP contribution in [-0.4, -0.2) is 33.3 Å². The minimum atomic E-state index is -3.08. The highest BCUT2D eigenvalue weighted by Crippen LogP contribution is 2.07. The lowest BCUT2D eigenvalue weighted by Crippen LogP contribution is -2.46. The van der Waals surface area contributed by atoms with Gasteiger partial charge in [-0.25, -0.2) is 13.1 Å². The van der Waals surface area contributed by atoms with Crippen LogP contribution in [0.5, 0.6) is 0 Å². The topological polar surface area (TPSA) is 58.2 Å². The number of halogens is 1. The highest BCUT2D eigenvalue weighted by molar-refractivity contribution is 7.89. The lowest BCUT2D eigenvalue weighted by Gasteiger charge is -2.24. The Balaban J connectivity index is 0.00000225. The number of hydrogen-bond acceptors (Lipinski definition) is 3.